The Morgan fingerprint density at radius 1 is 1.30 bits per heavy atom. The molecule has 4 heteroatoms. The van der Waals surface area contributed by atoms with E-state index in [1.165, 1.54) is 11.1 Å². The van der Waals surface area contributed by atoms with Gasteiger partial charge in [0.25, 0.3) is 0 Å². The Bertz CT molecular complexity index is 506. The zero-order valence-electron chi connectivity index (χ0n) is 11.8. The largest absolute Gasteiger partial charge is 0.481 e. The quantitative estimate of drug-likeness (QED) is 0.838. The van der Waals surface area contributed by atoms with Crippen molar-refractivity contribution in [1.29, 1.82) is 0 Å². The number of carboxylic acids is 1. The van der Waals surface area contributed by atoms with Crippen molar-refractivity contribution in [1.82, 2.24) is 5.32 Å². The molecule has 4 nitrogen and oxygen atoms in total. The number of benzene rings is 1. The second-order valence-corrected chi connectivity index (χ2v) is 5.68. The Morgan fingerprint density at radius 2 is 2.00 bits per heavy atom. The molecule has 0 spiro atoms. The minimum absolute atomic E-state index is 0.0309. The first-order chi connectivity index (χ1) is 9.51. The SMILES string of the molecule is Cc1ccccc1CCC(=O)NC1(CC(=O)O)CCC1. The summed E-state index contributed by atoms with van der Waals surface area (Å²) < 4.78 is 0. The maximum atomic E-state index is 12.0. The minimum Gasteiger partial charge on any atom is -0.481 e. The predicted molar refractivity (Wildman–Crippen MR) is 76.5 cm³/mol. The van der Waals surface area contributed by atoms with Crippen molar-refractivity contribution in [2.24, 2.45) is 0 Å². The van der Waals surface area contributed by atoms with E-state index in [0.717, 1.165) is 19.3 Å². The number of aliphatic carboxylic acids is 1. The lowest BCUT2D eigenvalue weighted by molar-refractivity contribution is -0.140. The Hall–Kier alpha value is -1.84. The van der Waals surface area contributed by atoms with Crippen molar-refractivity contribution in [3.8, 4) is 0 Å². The van der Waals surface area contributed by atoms with E-state index in [-0.39, 0.29) is 12.3 Å². The predicted octanol–water partition coefficient (Wildman–Crippen LogP) is 2.44. The van der Waals surface area contributed by atoms with E-state index in [2.05, 4.69) is 5.32 Å². The highest BCUT2D eigenvalue weighted by molar-refractivity contribution is 5.78. The van der Waals surface area contributed by atoms with E-state index in [1.54, 1.807) is 0 Å². The van der Waals surface area contributed by atoms with Crippen LogP contribution in [0.3, 0.4) is 0 Å². The van der Waals surface area contributed by atoms with Crippen LogP contribution in [0.25, 0.3) is 0 Å². The summed E-state index contributed by atoms with van der Waals surface area (Å²) in [5, 5.41) is 11.9. The van der Waals surface area contributed by atoms with Crippen molar-refractivity contribution in [3.05, 3.63) is 35.4 Å². The van der Waals surface area contributed by atoms with Gasteiger partial charge >= 0.3 is 5.97 Å². The summed E-state index contributed by atoms with van der Waals surface area (Å²) in [6.45, 7) is 2.03. The maximum absolute atomic E-state index is 12.0. The van der Waals surface area contributed by atoms with Gasteiger partial charge in [0.1, 0.15) is 0 Å². The van der Waals surface area contributed by atoms with Gasteiger partial charge in [0.2, 0.25) is 5.91 Å². The summed E-state index contributed by atoms with van der Waals surface area (Å²) in [5.41, 5.74) is 1.86. The second-order valence-electron chi connectivity index (χ2n) is 5.68. The fraction of sp³-hybridized carbons (Fsp3) is 0.500. The van der Waals surface area contributed by atoms with Gasteiger partial charge in [-0.3, -0.25) is 9.59 Å². The molecule has 0 aliphatic heterocycles. The molecule has 1 aliphatic carbocycles. The number of rotatable bonds is 6. The molecule has 0 atom stereocenters. The average molecular weight is 275 g/mol. The molecule has 0 radical (unpaired) electrons. The zero-order valence-corrected chi connectivity index (χ0v) is 11.8. The summed E-state index contributed by atoms with van der Waals surface area (Å²) in [4.78, 5) is 22.9. The normalized spacial score (nSPS) is 16.2. The minimum atomic E-state index is -0.844. The first-order valence-corrected chi connectivity index (χ1v) is 7.08. The highest BCUT2D eigenvalue weighted by Crippen LogP contribution is 2.35. The standard InChI is InChI=1S/C16H21NO3/c1-12-5-2-3-6-13(12)7-8-14(18)17-16(9-4-10-16)11-15(19)20/h2-3,5-6H,4,7-11H2,1H3,(H,17,18)(H,19,20). The average Bonchev–Trinajstić information content (AvgIpc) is 2.34. The van der Waals surface area contributed by atoms with Crippen LogP contribution < -0.4 is 5.32 Å². The van der Waals surface area contributed by atoms with Crippen LogP contribution in [-0.2, 0) is 16.0 Å². The van der Waals surface area contributed by atoms with Gasteiger partial charge in [-0.15, -0.1) is 0 Å². The second kappa shape index (κ2) is 6.07. The van der Waals surface area contributed by atoms with E-state index in [0.29, 0.717) is 12.8 Å². The molecule has 108 valence electrons. The molecule has 1 aromatic carbocycles. The summed E-state index contributed by atoms with van der Waals surface area (Å²) in [5.74, 6) is -0.891. The molecule has 1 fully saturated rings. The lowest BCUT2D eigenvalue weighted by atomic mass is 9.74. The van der Waals surface area contributed by atoms with Crippen molar-refractivity contribution in [3.63, 3.8) is 0 Å². The van der Waals surface area contributed by atoms with Gasteiger partial charge in [-0.2, -0.15) is 0 Å². The van der Waals surface area contributed by atoms with Gasteiger partial charge in [-0.05, 0) is 43.7 Å². The van der Waals surface area contributed by atoms with E-state index >= 15 is 0 Å². The molecule has 2 N–H and O–H groups in total. The molecule has 0 heterocycles. The summed E-state index contributed by atoms with van der Waals surface area (Å²) in [6, 6.07) is 8.01. The van der Waals surface area contributed by atoms with Crippen LogP contribution in [-0.4, -0.2) is 22.5 Å². The van der Waals surface area contributed by atoms with Gasteiger partial charge in [-0.1, -0.05) is 24.3 Å². The number of hydrogen-bond acceptors (Lipinski definition) is 2. The number of carbonyl (C=O) groups is 2. The van der Waals surface area contributed by atoms with E-state index in [1.807, 2.05) is 31.2 Å². The van der Waals surface area contributed by atoms with Crippen LogP contribution in [0.5, 0.6) is 0 Å². The van der Waals surface area contributed by atoms with E-state index < -0.39 is 11.5 Å². The molecule has 1 aromatic rings. The van der Waals surface area contributed by atoms with Crippen LogP contribution in [0, 0.1) is 6.92 Å². The van der Waals surface area contributed by atoms with E-state index in [4.69, 9.17) is 5.11 Å². The van der Waals surface area contributed by atoms with Crippen LogP contribution in [0.1, 0.15) is 43.2 Å². The van der Waals surface area contributed by atoms with Crippen molar-refractivity contribution in [2.45, 2.75) is 51.0 Å². The lowest BCUT2D eigenvalue weighted by Crippen LogP contribution is -2.54. The van der Waals surface area contributed by atoms with Gasteiger partial charge in [-0.25, -0.2) is 0 Å². The molecule has 1 saturated carbocycles. The van der Waals surface area contributed by atoms with Gasteiger partial charge in [0, 0.05) is 6.42 Å². The molecule has 0 bridgehead atoms. The van der Waals surface area contributed by atoms with Crippen LogP contribution in [0.15, 0.2) is 24.3 Å². The fourth-order valence-corrected chi connectivity index (χ4v) is 2.74. The Morgan fingerprint density at radius 3 is 2.55 bits per heavy atom. The van der Waals surface area contributed by atoms with E-state index in [9.17, 15) is 9.59 Å². The molecule has 1 amide bonds. The molecular formula is C16H21NO3. The molecule has 2 rings (SSSR count). The number of carbonyl (C=O) groups excluding carboxylic acids is 1. The molecule has 0 saturated heterocycles. The molecular weight excluding hydrogens is 254 g/mol. The van der Waals surface area contributed by atoms with Crippen molar-refractivity contribution < 1.29 is 14.7 Å². The molecule has 0 aromatic heterocycles. The van der Waals surface area contributed by atoms with Crippen molar-refractivity contribution >= 4 is 11.9 Å². The smallest absolute Gasteiger partial charge is 0.305 e. The summed E-state index contributed by atoms with van der Waals surface area (Å²) in [7, 11) is 0. The number of hydrogen-bond donors (Lipinski definition) is 2. The number of aryl methyl sites for hydroxylation is 2. The van der Waals surface area contributed by atoms with Crippen LogP contribution in [0.4, 0.5) is 0 Å². The maximum Gasteiger partial charge on any atom is 0.305 e. The number of nitrogens with one attached hydrogen (secondary N) is 1. The fourth-order valence-electron chi connectivity index (χ4n) is 2.74. The highest BCUT2D eigenvalue weighted by Gasteiger charge is 2.40. The topological polar surface area (TPSA) is 66.4 Å². The third-order valence-corrected chi connectivity index (χ3v) is 4.09. The third kappa shape index (κ3) is 3.59. The van der Waals surface area contributed by atoms with Crippen LogP contribution >= 0.6 is 0 Å². The Balaban J connectivity index is 1.86. The highest BCUT2D eigenvalue weighted by atomic mass is 16.4. The monoisotopic (exact) mass is 275 g/mol. The number of carboxylic acid groups (broad SMARTS) is 1. The summed E-state index contributed by atoms with van der Waals surface area (Å²) in [6.07, 6.45) is 3.67. The first-order valence-electron chi connectivity index (χ1n) is 7.08. The summed E-state index contributed by atoms with van der Waals surface area (Å²) >= 11 is 0. The zero-order chi connectivity index (χ0) is 14.6. The Labute approximate surface area is 119 Å². The molecule has 20 heavy (non-hydrogen) atoms. The third-order valence-electron chi connectivity index (χ3n) is 4.09. The van der Waals surface area contributed by atoms with Crippen molar-refractivity contribution in [2.75, 3.05) is 0 Å². The van der Waals surface area contributed by atoms with Gasteiger partial charge < -0.3 is 10.4 Å². The van der Waals surface area contributed by atoms with Gasteiger partial charge in [0.15, 0.2) is 0 Å². The molecule has 1 aliphatic rings. The first kappa shape index (κ1) is 14.6. The van der Waals surface area contributed by atoms with Gasteiger partial charge in [0.05, 0.1) is 12.0 Å². The lowest BCUT2D eigenvalue weighted by Gasteiger charge is -2.41. The number of amides is 1. The molecule has 0 unspecified atom stereocenters. The van der Waals surface area contributed by atoms with Crippen LogP contribution in [0.2, 0.25) is 0 Å². The Kier molecular flexibility index (Phi) is 4.42.